The van der Waals surface area contributed by atoms with Crippen LogP contribution in [0.3, 0.4) is 0 Å². The third-order valence-corrected chi connectivity index (χ3v) is 3.26. The van der Waals surface area contributed by atoms with Crippen LogP contribution < -0.4 is 4.90 Å². The van der Waals surface area contributed by atoms with Crippen molar-refractivity contribution in [3.8, 4) is 0 Å². The first-order chi connectivity index (χ1) is 7.06. The molecule has 82 valence electrons. The van der Waals surface area contributed by atoms with E-state index in [9.17, 15) is 9.50 Å². The fourth-order valence-electron chi connectivity index (χ4n) is 1.75. The molecule has 0 aliphatic carbocycles. The molecule has 0 amide bonds. The van der Waals surface area contributed by atoms with E-state index in [1.807, 2.05) is 17.9 Å². The highest BCUT2D eigenvalue weighted by Gasteiger charge is 2.28. The van der Waals surface area contributed by atoms with Gasteiger partial charge in [-0.2, -0.15) is 4.39 Å². The molecule has 0 radical (unpaired) electrons. The smallest absolute Gasteiger partial charge is 0.215 e. The molecular formula is C10H12FIN2O. The Bertz CT molecular complexity index is 344. The van der Waals surface area contributed by atoms with Crippen LogP contribution in [0.4, 0.5) is 10.2 Å². The van der Waals surface area contributed by atoms with Gasteiger partial charge in [0.05, 0.1) is 6.10 Å². The lowest BCUT2D eigenvalue weighted by atomic mass is 10.1. The molecule has 2 heterocycles. The van der Waals surface area contributed by atoms with E-state index in [0.29, 0.717) is 12.4 Å². The van der Waals surface area contributed by atoms with Crippen molar-refractivity contribution in [1.29, 1.82) is 0 Å². The minimum atomic E-state index is -0.467. The number of anilines is 1. The molecule has 1 saturated heterocycles. The first-order valence-electron chi connectivity index (χ1n) is 4.82. The minimum absolute atomic E-state index is 0.215. The summed E-state index contributed by atoms with van der Waals surface area (Å²) in [6, 6.07) is 3.22. The standard InChI is InChI=1S/C10H12FIN2O/c1-6-4-14(5-8(6)15)10-3-7(12)2-9(11)13-10/h2-3,6,8,15H,4-5H2,1H3. The molecule has 3 nitrogen and oxygen atoms in total. The average Bonchev–Trinajstić information content (AvgIpc) is 2.45. The van der Waals surface area contributed by atoms with E-state index in [-0.39, 0.29) is 12.0 Å². The summed E-state index contributed by atoms with van der Waals surface area (Å²) in [5, 5.41) is 9.60. The van der Waals surface area contributed by atoms with E-state index in [2.05, 4.69) is 27.6 Å². The summed E-state index contributed by atoms with van der Waals surface area (Å²) >= 11 is 2.06. The van der Waals surface area contributed by atoms with Gasteiger partial charge in [-0.15, -0.1) is 0 Å². The Kier molecular flexibility index (Phi) is 3.11. The highest BCUT2D eigenvalue weighted by Crippen LogP contribution is 2.23. The number of β-amino-alcohol motifs (C(OH)–C–C–N with tert-alkyl or cyclic N) is 1. The topological polar surface area (TPSA) is 36.4 Å². The second-order valence-electron chi connectivity index (χ2n) is 3.92. The third-order valence-electron chi connectivity index (χ3n) is 2.64. The van der Waals surface area contributed by atoms with E-state index >= 15 is 0 Å². The van der Waals surface area contributed by atoms with E-state index in [0.717, 1.165) is 10.1 Å². The first-order valence-corrected chi connectivity index (χ1v) is 5.90. The van der Waals surface area contributed by atoms with Crippen molar-refractivity contribution in [2.24, 2.45) is 5.92 Å². The monoisotopic (exact) mass is 322 g/mol. The molecule has 0 spiro atoms. The largest absolute Gasteiger partial charge is 0.391 e. The Morgan fingerprint density at radius 2 is 2.27 bits per heavy atom. The van der Waals surface area contributed by atoms with Crippen LogP contribution in [0.25, 0.3) is 0 Å². The Morgan fingerprint density at radius 3 is 2.80 bits per heavy atom. The molecule has 2 unspecified atom stereocenters. The predicted molar refractivity (Wildman–Crippen MR) is 64.3 cm³/mol. The number of nitrogens with zero attached hydrogens (tertiary/aromatic N) is 2. The fraction of sp³-hybridized carbons (Fsp3) is 0.500. The van der Waals surface area contributed by atoms with Crippen molar-refractivity contribution in [2.75, 3.05) is 18.0 Å². The van der Waals surface area contributed by atoms with Crippen LogP contribution in [0, 0.1) is 15.4 Å². The maximum absolute atomic E-state index is 13.1. The lowest BCUT2D eigenvalue weighted by Gasteiger charge is -2.16. The second kappa shape index (κ2) is 4.21. The van der Waals surface area contributed by atoms with E-state index in [1.165, 1.54) is 6.07 Å². The number of hydrogen-bond acceptors (Lipinski definition) is 3. The summed E-state index contributed by atoms with van der Waals surface area (Å²) in [7, 11) is 0. The molecule has 5 heteroatoms. The maximum atomic E-state index is 13.1. The Labute approximate surface area is 101 Å². The van der Waals surface area contributed by atoms with E-state index in [4.69, 9.17) is 0 Å². The van der Waals surface area contributed by atoms with Gasteiger partial charge < -0.3 is 10.0 Å². The van der Waals surface area contributed by atoms with Gasteiger partial charge in [0.2, 0.25) is 5.95 Å². The van der Waals surface area contributed by atoms with Crippen LogP contribution in [0.15, 0.2) is 12.1 Å². The molecule has 1 N–H and O–H groups in total. The third kappa shape index (κ3) is 2.39. The predicted octanol–water partition coefficient (Wildman–Crippen LogP) is 1.64. The zero-order chi connectivity index (χ0) is 11.0. The molecule has 1 aliphatic rings. The number of pyridine rings is 1. The Balaban J connectivity index is 2.23. The van der Waals surface area contributed by atoms with Gasteiger partial charge in [-0.1, -0.05) is 6.92 Å². The highest BCUT2D eigenvalue weighted by molar-refractivity contribution is 14.1. The van der Waals surface area contributed by atoms with E-state index < -0.39 is 5.95 Å². The quantitative estimate of drug-likeness (QED) is 0.631. The van der Waals surface area contributed by atoms with Gasteiger partial charge in [0, 0.05) is 28.6 Å². The van der Waals surface area contributed by atoms with Crippen LogP contribution in [-0.2, 0) is 0 Å². The minimum Gasteiger partial charge on any atom is -0.391 e. The van der Waals surface area contributed by atoms with Crippen LogP contribution in [0.5, 0.6) is 0 Å². The molecule has 1 aliphatic heterocycles. The molecule has 0 saturated carbocycles. The van der Waals surface area contributed by atoms with Gasteiger partial charge in [-0.25, -0.2) is 4.98 Å². The SMILES string of the molecule is CC1CN(c2cc(I)cc(F)n2)CC1O. The maximum Gasteiger partial charge on any atom is 0.215 e. The summed E-state index contributed by atoms with van der Waals surface area (Å²) in [5.74, 6) is 0.362. The summed E-state index contributed by atoms with van der Waals surface area (Å²) in [6.07, 6.45) is -0.340. The molecule has 15 heavy (non-hydrogen) atoms. The number of aromatic nitrogens is 1. The second-order valence-corrected chi connectivity index (χ2v) is 5.16. The number of aliphatic hydroxyl groups excluding tert-OH is 1. The number of aliphatic hydroxyl groups is 1. The van der Waals surface area contributed by atoms with Crippen LogP contribution in [0.1, 0.15) is 6.92 Å². The first kappa shape index (κ1) is 11.1. The lowest BCUT2D eigenvalue weighted by molar-refractivity contribution is 0.157. The Morgan fingerprint density at radius 1 is 1.53 bits per heavy atom. The fourth-order valence-corrected chi connectivity index (χ4v) is 2.29. The van der Waals surface area contributed by atoms with Crippen molar-refractivity contribution in [2.45, 2.75) is 13.0 Å². The van der Waals surface area contributed by atoms with Gasteiger partial charge in [0.1, 0.15) is 5.82 Å². The zero-order valence-corrected chi connectivity index (χ0v) is 10.5. The van der Waals surface area contributed by atoms with Crippen LogP contribution >= 0.6 is 22.6 Å². The number of halogens is 2. The number of rotatable bonds is 1. The summed E-state index contributed by atoms with van der Waals surface area (Å²) in [4.78, 5) is 5.75. The molecule has 1 aromatic heterocycles. The van der Waals surface area contributed by atoms with Gasteiger partial charge >= 0.3 is 0 Å². The highest BCUT2D eigenvalue weighted by atomic mass is 127. The summed E-state index contributed by atoms with van der Waals surface area (Å²) in [6.45, 7) is 3.25. The molecule has 2 rings (SSSR count). The summed E-state index contributed by atoms with van der Waals surface area (Å²) < 4.78 is 13.9. The molecule has 1 aromatic rings. The van der Waals surface area contributed by atoms with Crippen LogP contribution in [0.2, 0.25) is 0 Å². The normalized spacial score (nSPS) is 26.0. The molecule has 0 bridgehead atoms. The van der Waals surface area contributed by atoms with Crippen molar-refractivity contribution in [1.82, 2.24) is 4.98 Å². The lowest BCUT2D eigenvalue weighted by Crippen LogP contribution is -2.22. The van der Waals surface area contributed by atoms with E-state index in [1.54, 1.807) is 0 Å². The summed E-state index contributed by atoms with van der Waals surface area (Å²) in [5.41, 5.74) is 0. The average molecular weight is 322 g/mol. The number of hydrogen-bond donors (Lipinski definition) is 1. The molecular weight excluding hydrogens is 310 g/mol. The van der Waals surface area contributed by atoms with Crippen molar-refractivity contribution in [3.05, 3.63) is 21.7 Å². The molecule has 2 atom stereocenters. The van der Waals surface area contributed by atoms with Crippen molar-refractivity contribution < 1.29 is 9.50 Å². The van der Waals surface area contributed by atoms with Crippen molar-refractivity contribution >= 4 is 28.4 Å². The Hall–Kier alpha value is -0.430. The van der Waals surface area contributed by atoms with Crippen LogP contribution in [-0.4, -0.2) is 29.3 Å². The van der Waals surface area contributed by atoms with Gasteiger partial charge in [-0.05, 0) is 28.7 Å². The zero-order valence-electron chi connectivity index (χ0n) is 8.32. The van der Waals surface area contributed by atoms with Crippen molar-refractivity contribution in [3.63, 3.8) is 0 Å². The molecule has 0 aromatic carbocycles. The van der Waals surface area contributed by atoms with Gasteiger partial charge in [-0.3, -0.25) is 0 Å². The molecule has 1 fully saturated rings. The van der Waals surface area contributed by atoms with Gasteiger partial charge in [0.25, 0.3) is 0 Å². The van der Waals surface area contributed by atoms with Gasteiger partial charge in [0.15, 0.2) is 0 Å².